The summed E-state index contributed by atoms with van der Waals surface area (Å²) in [5.74, 6) is 0.442. The minimum Gasteiger partial charge on any atom is -0.467 e. The van der Waals surface area contributed by atoms with E-state index in [1.165, 1.54) is 18.9 Å². The highest BCUT2D eigenvalue weighted by Gasteiger charge is 2.09. The van der Waals surface area contributed by atoms with Crippen molar-refractivity contribution in [3.8, 4) is 6.01 Å². The number of aromatic nitrogens is 5. The van der Waals surface area contributed by atoms with Crippen LogP contribution in [-0.2, 0) is 0 Å². The normalized spacial score (nSPS) is 10.2. The molecule has 0 saturated carbocycles. The molecule has 0 aromatic carbocycles. The number of rotatable bonds is 4. The van der Waals surface area contributed by atoms with Crippen molar-refractivity contribution in [2.75, 3.05) is 19.5 Å². The number of hydrogen-bond donors (Lipinski definition) is 1. The van der Waals surface area contributed by atoms with Gasteiger partial charge in [0.15, 0.2) is 5.16 Å². The number of hydrogen-bond acceptors (Lipinski definition) is 8. The fraction of sp³-hybridized carbons (Fsp3) is 0.300. The maximum absolute atomic E-state index is 5.00. The lowest BCUT2D eigenvalue weighted by atomic mass is 10.5. The van der Waals surface area contributed by atoms with Crippen molar-refractivity contribution < 1.29 is 4.74 Å². The summed E-state index contributed by atoms with van der Waals surface area (Å²) in [6.07, 6.45) is 1.70. The zero-order chi connectivity index (χ0) is 13.0. The Bertz CT molecular complexity index is 527. The van der Waals surface area contributed by atoms with Crippen LogP contribution in [0.4, 0.5) is 5.95 Å². The first-order chi connectivity index (χ1) is 8.71. The third kappa shape index (κ3) is 3.04. The molecule has 2 heterocycles. The van der Waals surface area contributed by atoms with E-state index in [2.05, 4.69) is 30.2 Å². The predicted molar refractivity (Wildman–Crippen MR) is 66.8 cm³/mol. The van der Waals surface area contributed by atoms with Crippen LogP contribution in [0, 0.1) is 6.92 Å². The van der Waals surface area contributed by atoms with Crippen molar-refractivity contribution >= 4 is 17.7 Å². The SMILES string of the molecule is CNc1nc(OC)nc(Sc2nccc(C)n2)n1. The number of nitrogens with one attached hydrogen (secondary N) is 1. The van der Waals surface area contributed by atoms with Gasteiger partial charge in [0.25, 0.3) is 0 Å². The summed E-state index contributed by atoms with van der Waals surface area (Å²) < 4.78 is 5.00. The lowest BCUT2D eigenvalue weighted by molar-refractivity contribution is 0.374. The van der Waals surface area contributed by atoms with Gasteiger partial charge < -0.3 is 10.1 Å². The lowest BCUT2D eigenvalue weighted by Gasteiger charge is -2.04. The van der Waals surface area contributed by atoms with Crippen LogP contribution >= 0.6 is 11.8 Å². The van der Waals surface area contributed by atoms with E-state index < -0.39 is 0 Å². The minimum atomic E-state index is 0.254. The third-order valence-corrected chi connectivity index (χ3v) is 2.70. The van der Waals surface area contributed by atoms with Crippen LogP contribution in [0.2, 0.25) is 0 Å². The van der Waals surface area contributed by atoms with Gasteiger partial charge in [0.1, 0.15) is 0 Å². The van der Waals surface area contributed by atoms with E-state index in [9.17, 15) is 0 Å². The number of aryl methyl sites for hydroxylation is 1. The van der Waals surface area contributed by atoms with E-state index in [1.54, 1.807) is 13.2 Å². The van der Waals surface area contributed by atoms with Gasteiger partial charge in [-0.05, 0) is 24.8 Å². The van der Waals surface area contributed by atoms with Gasteiger partial charge in [-0.2, -0.15) is 15.0 Å². The van der Waals surface area contributed by atoms with Crippen LogP contribution in [-0.4, -0.2) is 39.1 Å². The Morgan fingerprint density at radius 1 is 1.17 bits per heavy atom. The van der Waals surface area contributed by atoms with Crippen LogP contribution in [0.15, 0.2) is 22.6 Å². The van der Waals surface area contributed by atoms with E-state index in [0.29, 0.717) is 16.3 Å². The molecule has 2 aromatic heterocycles. The second-order valence-corrected chi connectivity index (χ2v) is 4.20. The molecule has 0 unspecified atom stereocenters. The molecule has 18 heavy (non-hydrogen) atoms. The largest absolute Gasteiger partial charge is 0.467 e. The van der Waals surface area contributed by atoms with Crippen LogP contribution in [0.3, 0.4) is 0 Å². The summed E-state index contributed by atoms with van der Waals surface area (Å²) in [6.45, 7) is 1.90. The Balaban J connectivity index is 2.28. The van der Waals surface area contributed by atoms with Crippen LogP contribution < -0.4 is 10.1 Å². The van der Waals surface area contributed by atoms with E-state index in [4.69, 9.17) is 4.74 Å². The zero-order valence-corrected chi connectivity index (χ0v) is 11.0. The van der Waals surface area contributed by atoms with Gasteiger partial charge in [0.05, 0.1) is 7.11 Å². The fourth-order valence-electron chi connectivity index (χ4n) is 1.14. The van der Waals surface area contributed by atoms with E-state index in [0.717, 1.165) is 5.69 Å². The average molecular weight is 264 g/mol. The molecule has 0 radical (unpaired) electrons. The molecule has 0 aliphatic rings. The van der Waals surface area contributed by atoms with Gasteiger partial charge in [0, 0.05) is 18.9 Å². The van der Waals surface area contributed by atoms with Gasteiger partial charge >= 0.3 is 6.01 Å². The molecule has 0 bridgehead atoms. The molecule has 0 fully saturated rings. The van der Waals surface area contributed by atoms with Crippen molar-refractivity contribution in [1.29, 1.82) is 0 Å². The van der Waals surface area contributed by atoms with Gasteiger partial charge in [-0.3, -0.25) is 0 Å². The highest BCUT2D eigenvalue weighted by atomic mass is 32.2. The molecule has 0 amide bonds. The van der Waals surface area contributed by atoms with E-state index in [-0.39, 0.29) is 6.01 Å². The van der Waals surface area contributed by atoms with Crippen LogP contribution in [0.1, 0.15) is 5.69 Å². The highest BCUT2D eigenvalue weighted by molar-refractivity contribution is 7.99. The molecule has 2 aromatic rings. The monoisotopic (exact) mass is 264 g/mol. The molecule has 0 aliphatic carbocycles. The summed E-state index contributed by atoms with van der Waals surface area (Å²) in [6, 6.07) is 2.08. The standard InChI is InChI=1S/C10H12N6OS/c1-6-4-5-12-9(13-6)18-10-15-7(11-2)14-8(16-10)17-3/h4-5H,1-3H3,(H,11,14,15,16). The fourth-order valence-corrected chi connectivity index (χ4v) is 1.87. The van der Waals surface area contributed by atoms with Crippen molar-refractivity contribution in [2.24, 2.45) is 0 Å². The Morgan fingerprint density at radius 3 is 2.67 bits per heavy atom. The highest BCUT2D eigenvalue weighted by Crippen LogP contribution is 2.22. The Kier molecular flexibility index (Phi) is 3.88. The van der Waals surface area contributed by atoms with E-state index in [1.807, 2.05) is 13.0 Å². The molecule has 1 N–H and O–H groups in total. The van der Waals surface area contributed by atoms with Gasteiger partial charge in [0.2, 0.25) is 11.1 Å². The maximum atomic E-state index is 5.00. The topological polar surface area (TPSA) is 85.7 Å². The number of anilines is 1. The molecule has 0 aliphatic heterocycles. The first-order valence-electron chi connectivity index (χ1n) is 5.16. The summed E-state index contributed by atoms with van der Waals surface area (Å²) >= 11 is 1.26. The molecule has 0 saturated heterocycles. The molecule has 0 spiro atoms. The van der Waals surface area contributed by atoms with Crippen molar-refractivity contribution in [2.45, 2.75) is 17.2 Å². The Morgan fingerprint density at radius 2 is 2.00 bits per heavy atom. The first kappa shape index (κ1) is 12.5. The molecular weight excluding hydrogens is 252 g/mol. The average Bonchev–Trinajstić information content (AvgIpc) is 2.38. The second kappa shape index (κ2) is 5.58. The maximum Gasteiger partial charge on any atom is 0.321 e. The molecular formula is C10H12N6OS. The molecule has 0 atom stereocenters. The predicted octanol–water partition coefficient (Wildman–Crippen LogP) is 1.17. The molecule has 7 nitrogen and oxygen atoms in total. The second-order valence-electron chi connectivity index (χ2n) is 3.26. The van der Waals surface area contributed by atoms with Crippen molar-refractivity contribution in [1.82, 2.24) is 24.9 Å². The summed E-state index contributed by atoms with van der Waals surface area (Å²) in [7, 11) is 3.23. The Labute approximate surface area is 108 Å². The van der Waals surface area contributed by atoms with Crippen LogP contribution in [0.5, 0.6) is 6.01 Å². The van der Waals surface area contributed by atoms with Gasteiger partial charge in [-0.1, -0.05) is 0 Å². The summed E-state index contributed by atoms with van der Waals surface area (Å²) in [5.41, 5.74) is 0.891. The first-order valence-corrected chi connectivity index (χ1v) is 5.98. The summed E-state index contributed by atoms with van der Waals surface area (Å²) in [5, 5.41) is 3.91. The zero-order valence-electron chi connectivity index (χ0n) is 10.2. The molecule has 2 rings (SSSR count). The molecule has 8 heteroatoms. The van der Waals surface area contributed by atoms with E-state index >= 15 is 0 Å². The minimum absolute atomic E-state index is 0.254. The van der Waals surface area contributed by atoms with Gasteiger partial charge in [-0.15, -0.1) is 0 Å². The van der Waals surface area contributed by atoms with Crippen molar-refractivity contribution in [3.05, 3.63) is 18.0 Å². The number of ether oxygens (including phenoxy) is 1. The number of nitrogens with zero attached hydrogens (tertiary/aromatic N) is 5. The third-order valence-electron chi connectivity index (χ3n) is 1.96. The van der Waals surface area contributed by atoms with Crippen LogP contribution in [0.25, 0.3) is 0 Å². The van der Waals surface area contributed by atoms with Crippen molar-refractivity contribution in [3.63, 3.8) is 0 Å². The quantitative estimate of drug-likeness (QED) is 0.824. The lowest BCUT2D eigenvalue weighted by Crippen LogP contribution is -2.03. The number of methoxy groups -OCH3 is 1. The van der Waals surface area contributed by atoms with Gasteiger partial charge in [-0.25, -0.2) is 9.97 Å². The molecule has 94 valence electrons. The summed E-state index contributed by atoms with van der Waals surface area (Å²) in [4.78, 5) is 20.7. The Hall–Kier alpha value is -1.96. The smallest absolute Gasteiger partial charge is 0.321 e.